The molecule has 0 amide bonds. The molecule has 0 heterocycles. The van der Waals surface area contributed by atoms with E-state index in [0.29, 0.717) is 0 Å². The van der Waals surface area contributed by atoms with Gasteiger partial charge in [-0.1, -0.05) is 239 Å². The molecular weight excluding hydrogens is 915 g/mol. The average Bonchev–Trinajstić information content (AvgIpc) is 4.04. The zero-order valence-corrected chi connectivity index (χ0v) is 45.7. The van der Waals surface area contributed by atoms with Crippen molar-refractivity contribution in [3.63, 3.8) is 0 Å². The van der Waals surface area contributed by atoms with Gasteiger partial charge in [-0.15, -0.1) is 0 Å². The van der Waals surface area contributed by atoms with Crippen LogP contribution in [-0.2, 0) is 27.1 Å². The highest BCUT2D eigenvalue weighted by molar-refractivity contribution is 5.97. The first kappa shape index (κ1) is 46.5. The minimum Gasteiger partial charge on any atom is -0.310 e. The fourth-order valence-corrected chi connectivity index (χ4v) is 14.3. The molecule has 0 aliphatic heterocycles. The normalized spacial score (nSPS) is 15.3. The van der Waals surface area contributed by atoms with Crippen molar-refractivity contribution < 1.29 is 0 Å². The van der Waals surface area contributed by atoms with Gasteiger partial charge in [-0.2, -0.15) is 0 Å². The lowest BCUT2D eigenvalue weighted by atomic mass is 9.68. The molecule has 370 valence electrons. The molecule has 10 aromatic carbocycles. The van der Waals surface area contributed by atoms with Crippen LogP contribution in [0.5, 0.6) is 0 Å². The van der Waals surface area contributed by atoms with Crippen LogP contribution >= 0.6 is 0 Å². The maximum absolute atomic E-state index is 2.55. The topological polar surface area (TPSA) is 3.24 Å². The number of rotatable bonds is 5. The number of hydrogen-bond acceptors (Lipinski definition) is 1. The first-order valence-electron chi connectivity index (χ1n) is 27.5. The monoisotopic (exact) mass is 980 g/mol. The van der Waals surface area contributed by atoms with Crippen LogP contribution in [0.1, 0.15) is 125 Å². The highest BCUT2D eigenvalue weighted by Gasteiger charge is 2.52. The summed E-state index contributed by atoms with van der Waals surface area (Å²) in [5, 5.41) is 0. The van der Waals surface area contributed by atoms with E-state index < -0.39 is 5.41 Å². The molecule has 0 atom stereocenters. The van der Waals surface area contributed by atoms with Crippen molar-refractivity contribution in [1.29, 1.82) is 0 Å². The summed E-state index contributed by atoms with van der Waals surface area (Å²) in [6, 6.07) is 81.9. The number of hydrogen-bond donors (Lipinski definition) is 0. The molecule has 0 fully saturated rings. The number of nitrogens with zero attached hydrogens (tertiary/aromatic N) is 1. The van der Waals surface area contributed by atoms with Crippen molar-refractivity contribution in [2.24, 2.45) is 0 Å². The van der Waals surface area contributed by atoms with Gasteiger partial charge in [-0.05, 0) is 176 Å². The van der Waals surface area contributed by atoms with Gasteiger partial charge in [0, 0.05) is 27.9 Å². The Balaban J connectivity index is 0.956. The summed E-state index contributed by atoms with van der Waals surface area (Å²) in [7, 11) is 0. The molecule has 4 aliphatic rings. The largest absolute Gasteiger partial charge is 0.310 e. The van der Waals surface area contributed by atoms with E-state index in [2.05, 4.69) is 286 Å². The van der Waals surface area contributed by atoms with Crippen molar-refractivity contribution in [3.05, 3.63) is 268 Å². The van der Waals surface area contributed by atoms with E-state index in [0.717, 1.165) is 17.1 Å². The quantitative estimate of drug-likeness (QED) is 0.166. The lowest BCUT2D eigenvalue weighted by Crippen LogP contribution is -2.27. The molecule has 0 saturated carbocycles. The van der Waals surface area contributed by atoms with Gasteiger partial charge in [0.15, 0.2) is 0 Å². The van der Waals surface area contributed by atoms with Crippen LogP contribution in [0, 0.1) is 0 Å². The zero-order chi connectivity index (χ0) is 52.3. The number of anilines is 3. The van der Waals surface area contributed by atoms with Crippen LogP contribution in [0.25, 0.3) is 66.8 Å². The molecule has 0 aromatic heterocycles. The summed E-state index contributed by atoms with van der Waals surface area (Å²) in [6.07, 6.45) is 0. The van der Waals surface area contributed by atoms with E-state index in [-0.39, 0.29) is 21.7 Å². The molecule has 0 saturated heterocycles. The van der Waals surface area contributed by atoms with E-state index in [1.54, 1.807) is 0 Å². The SMILES string of the molecule is CC(C)(C)c1ccc2c(c1)C1(c3ccccc3-c3ccc(N(c4ccc(-c5ccc6c(c5)C(C)(C)c5ccccc5-6)cc4)c4ccc(-c5cccc6c5C(C)(C)c5ccccc5-6)cc4)cc31)c1cc(C(C)(C)C)ccc1-2. The molecule has 0 bridgehead atoms. The Hall–Kier alpha value is -8.00. The smallest absolute Gasteiger partial charge is 0.0726 e. The second-order valence-corrected chi connectivity index (χ2v) is 25.3. The molecule has 1 heteroatoms. The first-order valence-corrected chi connectivity index (χ1v) is 27.5. The Morgan fingerprint density at radius 1 is 0.276 bits per heavy atom. The van der Waals surface area contributed by atoms with Crippen LogP contribution < -0.4 is 4.90 Å². The maximum Gasteiger partial charge on any atom is 0.0726 e. The van der Waals surface area contributed by atoms with Crippen molar-refractivity contribution in [3.8, 4) is 66.8 Å². The molecule has 76 heavy (non-hydrogen) atoms. The number of benzene rings is 10. The number of fused-ring (bicyclic) bond motifs is 16. The van der Waals surface area contributed by atoms with Crippen molar-refractivity contribution in [2.45, 2.75) is 96.3 Å². The molecule has 1 nitrogen and oxygen atoms in total. The van der Waals surface area contributed by atoms with Gasteiger partial charge >= 0.3 is 0 Å². The van der Waals surface area contributed by atoms with Gasteiger partial charge in [0.1, 0.15) is 0 Å². The van der Waals surface area contributed by atoms with Gasteiger partial charge in [-0.25, -0.2) is 0 Å². The van der Waals surface area contributed by atoms with Gasteiger partial charge in [0.2, 0.25) is 0 Å². The molecular formula is C75H65N. The summed E-state index contributed by atoms with van der Waals surface area (Å²) < 4.78 is 0. The predicted molar refractivity (Wildman–Crippen MR) is 321 cm³/mol. The third-order valence-corrected chi connectivity index (χ3v) is 18.2. The first-order chi connectivity index (χ1) is 36.5. The Bertz CT molecular complexity index is 3990. The van der Waals surface area contributed by atoms with E-state index in [1.807, 2.05) is 0 Å². The highest BCUT2D eigenvalue weighted by Crippen LogP contribution is 2.64. The second kappa shape index (κ2) is 16.0. The van der Waals surface area contributed by atoms with E-state index in [1.165, 1.54) is 122 Å². The minimum atomic E-state index is -0.520. The van der Waals surface area contributed by atoms with Gasteiger partial charge in [0.05, 0.1) is 5.41 Å². The molecule has 10 aromatic rings. The summed E-state index contributed by atoms with van der Waals surface area (Å²) in [5.41, 5.74) is 32.0. The standard InChI is InChI=1S/C75H65N/c1-71(2,3)49-31-39-59-60-40-32-50(72(4,5)6)44-68(60)75(67(59)43-49)65-25-16-13-19-56(65)61-41-37-53(45-69(61)75)76(51-33-26-46(27-34-51)48-30-38-58-55-18-11-14-23-63(55)73(7,8)66(58)42-48)52-35-28-47(29-36-52)54-21-17-22-62-57-20-12-15-24-64(57)74(9,10)70(54)62/h11-45H,1-10H3. The van der Waals surface area contributed by atoms with Gasteiger partial charge < -0.3 is 4.90 Å². The second-order valence-electron chi connectivity index (χ2n) is 25.3. The summed E-state index contributed by atoms with van der Waals surface area (Å²) in [5.74, 6) is 0. The zero-order valence-electron chi connectivity index (χ0n) is 45.7. The fraction of sp³-hybridized carbons (Fsp3) is 0.200. The predicted octanol–water partition coefficient (Wildman–Crippen LogP) is 20.0. The van der Waals surface area contributed by atoms with Crippen molar-refractivity contribution in [1.82, 2.24) is 0 Å². The summed E-state index contributed by atoms with van der Waals surface area (Å²) in [6.45, 7) is 23.6. The van der Waals surface area contributed by atoms with Crippen molar-refractivity contribution >= 4 is 17.1 Å². The molecule has 0 N–H and O–H groups in total. The third-order valence-electron chi connectivity index (χ3n) is 18.2. The van der Waals surface area contributed by atoms with Crippen LogP contribution in [0.3, 0.4) is 0 Å². The van der Waals surface area contributed by atoms with Crippen LogP contribution in [0.2, 0.25) is 0 Å². The van der Waals surface area contributed by atoms with E-state index >= 15 is 0 Å². The molecule has 0 radical (unpaired) electrons. The average molecular weight is 980 g/mol. The molecule has 14 rings (SSSR count). The molecule has 1 spiro atoms. The molecule has 4 aliphatic carbocycles. The summed E-state index contributed by atoms with van der Waals surface area (Å²) in [4.78, 5) is 2.50. The van der Waals surface area contributed by atoms with Crippen LogP contribution in [0.15, 0.2) is 212 Å². The third kappa shape index (κ3) is 6.51. The molecule has 0 unspecified atom stereocenters. The Morgan fingerprint density at radius 2 is 0.671 bits per heavy atom. The van der Waals surface area contributed by atoms with E-state index in [4.69, 9.17) is 0 Å². The van der Waals surface area contributed by atoms with Crippen molar-refractivity contribution in [2.75, 3.05) is 4.90 Å². The van der Waals surface area contributed by atoms with Crippen LogP contribution in [-0.4, -0.2) is 0 Å². The van der Waals surface area contributed by atoms with Gasteiger partial charge in [0.25, 0.3) is 0 Å². The fourth-order valence-electron chi connectivity index (χ4n) is 14.3. The lowest BCUT2D eigenvalue weighted by Gasteiger charge is -2.34. The minimum absolute atomic E-state index is 0.0277. The Morgan fingerprint density at radius 3 is 1.25 bits per heavy atom. The highest BCUT2D eigenvalue weighted by atomic mass is 15.1. The Labute approximate surface area is 450 Å². The van der Waals surface area contributed by atoms with Gasteiger partial charge in [-0.3, -0.25) is 0 Å². The van der Waals surface area contributed by atoms with E-state index in [9.17, 15) is 0 Å². The Kier molecular flexibility index (Phi) is 9.80. The summed E-state index contributed by atoms with van der Waals surface area (Å²) >= 11 is 0. The van der Waals surface area contributed by atoms with Crippen LogP contribution in [0.4, 0.5) is 17.1 Å². The lowest BCUT2D eigenvalue weighted by molar-refractivity contribution is 0.586. The maximum atomic E-state index is 2.55.